The van der Waals surface area contributed by atoms with Gasteiger partial charge in [0.05, 0.1) is 42.9 Å². The van der Waals surface area contributed by atoms with Gasteiger partial charge in [-0.2, -0.15) is 0 Å². The first-order chi connectivity index (χ1) is 22.4. The number of benzene rings is 3. The summed E-state index contributed by atoms with van der Waals surface area (Å²) in [4.78, 5) is 52.1. The highest BCUT2D eigenvalue weighted by atomic mass is 16.5. The molecule has 0 spiro atoms. The van der Waals surface area contributed by atoms with E-state index in [9.17, 15) is 19.2 Å². The summed E-state index contributed by atoms with van der Waals surface area (Å²) < 4.78 is 32.1. The Kier molecular flexibility index (Phi) is 12.2. The summed E-state index contributed by atoms with van der Waals surface area (Å²) in [5.74, 6) is -0.00844. The highest BCUT2D eigenvalue weighted by Gasteiger charge is 2.13. The van der Waals surface area contributed by atoms with Gasteiger partial charge in [-0.15, -0.1) is 0 Å². The van der Waals surface area contributed by atoms with E-state index in [1.54, 1.807) is 60.7 Å². The van der Waals surface area contributed by atoms with Crippen LogP contribution in [0.25, 0.3) is 22.4 Å². The lowest BCUT2D eigenvalue weighted by Gasteiger charge is -2.09. The minimum Gasteiger partial charge on any atom is -0.494 e. The fourth-order valence-corrected chi connectivity index (χ4v) is 4.04. The van der Waals surface area contributed by atoms with Gasteiger partial charge in [0.2, 0.25) is 5.89 Å². The molecular formula is C35H33NO10. The molecule has 0 aliphatic carbocycles. The molecule has 0 radical (unpaired) electrons. The van der Waals surface area contributed by atoms with Gasteiger partial charge in [0, 0.05) is 17.7 Å². The largest absolute Gasteiger partial charge is 0.494 e. The number of carbonyl (C=O) groups is 3. The second kappa shape index (κ2) is 17.0. The Bertz CT molecular complexity index is 1730. The van der Waals surface area contributed by atoms with E-state index in [4.69, 9.17) is 28.1 Å². The zero-order chi connectivity index (χ0) is 32.7. The van der Waals surface area contributed by atoms with Crippen LogP contribution in [0.1, 0.15) is 36.0 Å². The van der Waals surface area contributed by atoms with Gasteiger partial charge >= 0.3 is 23.5 Å². The summed E-state index contributed by atoms with van der Waals surface area (Å²) in [6.45, 7) is 8.14. The van der Waals surface area contributed by atoms with Crippen molar-refractivity contribution in [1.82, 2.24) is 4.98 Å². The number of hydrogen-bond acceptors (Lipinski definition) is 11. The Morgan fingerprint density at radius 1 is 0.696 bits per heavy atom. The standard InChI is InChI=1S/C35H33NO10/c1-3-31(37)43-21-7-5-19-41-26-13-9-24(10-14-26)33-36-30-18-17-28(23-29(30)35(40)46-33)45-34(39)25-11-15-27(16-12-25)42-20-6-8-22-44-32(38)4-2/h3-4,9-18,23H,1-2,5-8,19-22H2. The quantitative estimate of drug-likeness (QED) is 0.0602. The highest BCUT2D eigenvalue weighted by molar-refractivity contribution is 5.92. The molecule has 4 rings (SSSR count). The van der Waals surface area contributed by atoms with Gasteiger partial charge in [0.1, 0.15) is 17.2 Å². The molecule has 0 fully saturated rings. The molecule has 0 amide bonds. The van der Waals surface area contributed by atoms with Crippen molar-refractivity contribution in [2.24, 2.45) is 0 Å². The van der Waals surface area contributed by atoms with Crippen molar-refractivity contribution in [3.05, 3.63) is 108 Å². The van der Waals surface area contributed by atoms with Crippen LogP contribution >= 0.6 is 0 Å². The minimum atomic E-state index is -0.629. The summed E-state index contributed by atoms with van der Waals surface area (Å²) in [7, 11) is 0. The minimum absolute atomic E-state index is 0.135. The van der Waals surface area contributed by atoms with Gasteiger partial charge in [-0.1, -0.05) is 13.2 Å². The van der Waals surface area contributed by atoms with E-state index < -0.39 is 23.5 Å². The zero-order valence-electron chi connectivity index (χ0n) is 25.1. The van der Waals surface area contributed by atoms with E-state index in [1.165, 1.54) is 6.07 Å². The fourth-order valence-electron chi connectivity index (χ4n) is 4.04. The monoisotopic (exact) mass is 627 g/mol. The van der Waals surface area contributed by atoms with Crippen LogP contribution in [-0.2, 0) is 19.1 Å². The summed E-state index contributed by atoms with van der Waals surface area (Å²) in [6, 6.07) is 17.9. The van der Waals surface area contributed by atoms with Crippen LogP contribution < -0.4 is 19.8 Å². The Morgan fingerprint density at radius 3 is 1.78 bits per heavy atom. The second-order valence-electron chi connectivity index (χ2n) is 9.78. The number of carbonyl (C=O) groups excluding carboxylic acids is 3. The van der Waals surface area contributed by atoms with Crippen molar-refractivity contribution >= 4 is 28.8 Å². The molecule has 3 aromatic carbocycles. The number of nitrogens with zero attached hydrogens (tertiary/aromatic N) is 1. The Labute approximate surface area is 265 Å². The molecule has 238 valence electrons. The zero-order valence-corrected chi connectivity index (χ0v) is 25.1. The van der Waals surface area contributed by atoms with Crippen LogP contribution in [0, 0.1) is 0 Å². The molecule has 0 saturated carbocycles. The van der Waals surface area contributed by atoms with Crippen molar-refractivity contribution in [1.29, 1.82) is 0 Å². The average molecular weight is 628 g/mol. The van der Waals surface area contributed by atoms with Crippen molar-refractivity contribution in [3.8, 4) is 28.7 Å². The van der Waals surface area contributed by atoms with E-state index in [0.29, 0.717) is 80.3 Å². The molecule has 0 bridgehead atoms. The Balaban J connectivity index is 1.28. The number of unbranched alkanes of at least 4 members (excludes halogenated alkanes) is 2. The second-order valence-corrected chi connectivity index (χ2v) is 9.78. The molecule has 1 heterocycles. The normalized spacial score (nSPS) is 10.5. The molecule has 0 saturated heterocycles. The maximum absolute atomic E-state index is 12.8. The number of esters is 3. The smallest absolute Gasteiger partial charge is 0.347 e. The Morgan fingerprint density at radius 2 is 1.22 bits per heavy atom. The lowest BCUT2D eigenvalue weighted by molar-refractivity contribution is -0.138. The predicted octanol–water partition coefficient (Wildman–Crippen LogP) is 5.85. The number of ether oxygens (including phenoxy) is 5. The van der Waals surface area contributed by atoms with E-state index >= 15 is 0 Å². The SMILES string of the molecule is C=CC(=O)OCCCCOc1ccc(C(=O)Oc2ccc3nc(-c4ccc(OCCCCOC(=O)C=C)cc4)oc(=O)c3c2)cc1. The number of fused-ring (bicyclic) bond motifs is 1. The molecule has 0 unspecified atom stereocenters. The number of aromatic nitrogens is 1. The molecule has 11 nitrogen and oxygen atoms in total. The van der Waals surface area contributed by atoms with Crippen LogP contribution in [0.5, 0.6) is 17.2 Å². The molecule has 4 aromatic rings. The van der Waals surface area contributed by atoms with E-state index in [1.807, 2.05) is 0 Å². The first kappa shape index (κ1) is 33.2. The van der Waals surface area contributed by atoms with Crippen LogP contribution in [0.15, 0.2) is 101 Å². The summed E-state index contributed by atoms with van der Waals surface area (Å²) in [5, 5.41) is 0.163. The van der Waals surface area contributed by atoms with Crippen LogP contribution in [0.4, 0.5) is 0 Å². The topological polar surface area (TPSA) is 140 Å². The van der Waals surface area contributed by atoms with Gasteiger partial charge in [0.25, 0.3) is 0 Å². The third-order valence-electron chi connectivity index (χ3n) is 6.44. The third kappa shape index (κ3) is 9.91. The van der Waals surface area contributed by atoms with Crippen LogP contribution in [0.3, 0.4) is 0 Å². The fraction of sp³-hybridized carbons (Fsp3) is 0.229. The van der Waals surface area contributed by atoms with E-state index in [-0.39, 0.29) is 17.0 Å². The van der Waals surface area contributed by atoms with E-state index in [0.717, 1.165) is 12.2 Å². The number of hydrogen-bond donors (Lipinski definition) is 0. The average Bonchev–Trinajstić information content (AvgIpc) is 3.08. The van der Waals surface area contributed by atoms with Gasteiger partial charge in [-0.3, -0.25) is 0 Å². The molecule has 46 heavy (non-hydrogen) atoms. The first-order valence-electron chi connectivity index (χ1n) is 14.6. The van der Waals surface area contributed by atoms with Crippen molar-refractivity contribution in [2.75, 3.05) is 26.4 Å². The molecule has 0 aliphatic rings. The van der Waals surface area contributed by atoms with Gasteiger partial charge in [-0.05, 0) is 92.4 Å². The molecule has 0 N–H and O–H groups in total. The maximum atomic E-state index is 12.8. The maximum Gasteiger partial charge on any atom is 0.347 e. The summed E-state index contributed by atoms with van der Waals surface area (Å²) >= 11 is 0. The van der Waals surface area contributed by atoms with Crippen molar-refractivity contribution in [3.63, 3.8) is 0 Å². The number of rotatable bonds is 17. The predicted molar refractivity (Wildman–Crippen MR) is 169 cm³/mol. The van der Waals surface area contributed by atoms with Gasteiger partial charge in [-0.25, -0.2) is 24.2 Å². The van der Waals surface area contributed by atoms with Gasteiger partial charge < -0.3 is 28.1 Å². The highest BCUT2D eigenvalue weighted by Crippen LogP contribution is 2.24. The molecule has 11 heteroatoms. The third-order valence-corrected chi connectivity index (χ3v) is 6.44. The lowest BCUT2D eigenvalue weighted by atomic mass is 10.2. The van der Waals surface area contributed by atoms with Crippen molar-refractivity contribution < 1.29 is 42.5 Å². The molecular weight excluding hydrogens is 594 g/mol. The van der Waals surface area contributed by atoms with E-state index in [2.05, 4.69) is 18.1 Å². The van der Waals surface area contributed by atoms with Crippen LogP contribution in [0.2, 0.25) is 0 Å². The Hall–Kier alpha value is -5.71. The lowest BCUT2D eigenvalue weighted by Crippen LogP contribution is -2.09. The van der Waals surface area contributed by atoms with Crippen molar-refractivity contribution in [2.45, 2.75) is 25.7 Å². The first-order valence-corrected chi connectivity index (χ1v) is 14.6. The van der Waals surface area contributed by atoms with Crippen LogP contribution in [-0.4, -0.2) is 49.3 Å². The summed E-state index contributed by atoms with van der Waals surface area (Å²) in [5.41, 5.74) is 0.630. The van der Waals surface area contributed by atoms with Gasteiger partial charge in [0.15, 0.2) is 0 Å². The molecule has 0 atom stereocenters. The summed E-state index contributed by atoms with van der Waals surface area (Å²) in [6.07, 6.45) is 4.93. The molecule has 1 aromatic heterocycles. The molecule has 0 aliphatic heterocycles.